The Balaban J connectivity index is 1.74. The third-order valence-electron chi connectivity index (χ3n) is 4.28. The molecule has 2 aromatic rings. The Kier molecular flexibility index (Phi) is 5.36. The van der Waals surface area contributed by atoms with E-state index in [9.17, 15) is 4.79 Å². The Morgan fingerprint density at radius 2 is 1.75 bits per heavy atom. The van der Waals surface area contributed by atoms with E-state index in [1.54, 1.807) is 12.1 Å². The first kappa shape index (κ1) is 16.4. The molecule has 0 radical (unpaired) electrons. The number of carbonyl (C=O) groups is 1. The largest absolute Gasteiger partial charge is 0.494 e. The molecule has 24 heavy (non-hydrogen) atoms. The number of anilines is 2. The highest BCUT2D eigenvalue weighted by atomic mass is 16.5. The molecule has 126 valence electrons. The van der Waals surface area contributed by atoms with Gasteiger partial charge in [-0.15, -0.1) is 0 Å². The number of ether oxygens (including phenoxy) is 1. The minimum absolute atomic E-state index is 0.0949. The Morgan fingerprint density at radius 3 is 2.46 bits per heavy atom. The quantitative estimate of drug-likeness (QED) is 0.890. The molecule has 1 amide bonds. The van der Waals surface area contributed by atoms with Crippen molar-refractivity contribution >= 4 is 17.3 Å². The first-order valence-corrected chi connectivity index (χ1v) is 8.66. The number of para-hydroxylation sites is 2. The first-order valence-electron chi connectivity index (χ1n) is 8.66. The normalized spacial score (nSPS) is 14.3. The molecule has 0 atom stereocenters. The molecule has 1 N–H and O–H groups in total. The Labute approximate surface area is 143 Å². The van der Waals surface area contributed by atoms with Crippen molar-refractivity contribution in [3.05, 3.63) is 54.1 Å². The minimum atomic E-state index is -0.0949. The summed E-state index contributed by atoms with van der Waals surface area (Å²) in [6.45, 7) is 4.67. The van der Waals surface area contributed by atoms with Crippen molar-refractivity contribution in [3.8, 4) is 5.75 Å². The van der Waals surface area contributed by atoms with Crippen molar-refractivity contribution in [2.75, 3.05) is 29.9 Å². The summed E-state index contributed by atoms with van der Waals surface area (Å²) in [5, 5.41) is 3.05. The predicted octanol–water partition coefficient (Wildman–Crippen LogP) is 4.33. The number of benzene rings is 2. The highest BCUT2D eigenvalue weighted by Crippen LogP contribution is 2.28. The maximum absolute atomic E-state index is 12.5. The number of nitrogens with zero attached hydrogens (tertiary/aromatic N) is 1. The van der Waals surface area contributed by atoms with Gasteiger partial charge < -0.3 is 15.0 Å². The van der Waals surface area contributed by atoms with Crippen LogP contribution in [0.25, 0.3) is 0 Å². The molecule has 1 aliphatic heterocycles. The van der Waals surface area contributed by atoms with Gasteiger partial charge in [0.2, 0.25) is 0 Å². The molecule has 0 bridgehead atoms. The van der Waals surface area contributed by atoms with Crippen molar-refractivity contribution in [1.29, 1.82) is 0 Å². The average molecular weight is 324 g/mol. The van der Waals surface area contributed by atoms with Crippen molar-refractivity contribution in [2.45, 2.75) is 26.2 Å². The Bertz CT molecular complexity index is 676. The number of rotatable bonds is 5. The SMILES string of the molecule is CCOc1ccc(C(=O)Nc2ccccc2N2CCCCC2)cc1. The number of amides is 1. The summed E-state index contributed by atoms with van der Waals surface area (Å²) in [6, 6.07) is 15.3. The molecule has 0 aliphatic carbocycles. The fourth-order valence-corrected chi connectivity index (χ4v) is 3.05. The molecule has 1 heterocycles. The van der Waals surface area contributed by atoms with Crippen LogP contribution in [0.3, 0.4) is 0 Å². The first-order chi connectivity index (χ1) is 11.8. The lowest BCUT2D eigenvalue weighted by molar-refractivity contribution is 0.102. The number of nitrogens with one attached hydrogen (secondary N) is 1. The van der Waals surface area contributed by atoms with Crippen molar-refractivity contribution in [2.24, 2.45) is 0 Å². The molecule has 0 aromatic heterocycles. The zero-order valence-corrected chi connectivity index (χ0v) is 14.1. The molecule has 2 aromatic carbocycles. The molecule has 1 aliphatic rings. The lowest BCUT2D eigenvalue weighted by atomic mass is 10.1. The summed E-state index contributed by atoms with van der Waals surface area (Å²) in [6.07, 6.45) is 3.71. The summed E-state index contributed by atoms with van der Waals surface area (Å²) in [5.74, 6) is 0.685. The molecule has 1 saturated heterocycles. The maximum atomic E-state index is 12.5. The summed E-state index contributed by atoms with van der Waals surface area (Å²) < 4.78 is 5.42. The number of hydrogen-bond acceptors (Lipinski definition) is 3. The second kappa shape index (κ2) is 7.86. The van der Waals surface area contributed by atoms with Gasteiger partial charge in [-0.1, -0.05) is 12.1 Å². The predicted molar refractivity (Wildman–Crippen MR) is 98.1 cm³/mol. The van der Waals surface area contributed by atoms with Gasteiger partial charge in [-0.3, -0.25) is 4.79 Å². The van der Waals surface area contributed by atoms with Gasteiger partial charge in [-0.05, 0) is 62.6 Å². The number of hydrogen-bond donors (Lipinski definition) is 1. The maximum Gasteiger partial charge on any atom is 0.255 e. The molecular formula is C20H24N2O2. The molecule has 0 unspecified atom stereocenters. The smallest absolute Gasteiger partial charge is 0.255 e. The lowest BCUT2D eigenvalue weighted by Crippen LogP contribution is -2.30. The molecule has 4 heteroatoms. The second-order valence-electron chi connectivity index (χ2n) is 5.98. The highest BCUT2D eigenvalue weighted by Gasteiger charge is 2.16. The van der Waals surface area contributed by atoms with Crippen molar-refractivity contribution < 1.29 is 9.53 Å². The van der Waals surface area contributed by atoms with Crippen LogP contribution in [0.4, 0.5) is 11.4 Å². The fraction of sp³-hybridized carbons (Fsp3) is 0.350. The topological polar surface area (TPSA) is 41.6 Å². The molecule has 0 saturated carbocycles. The third-order valence-corrected chi connectivity index (χ3v) is 4.28. The van der Waals surface area contributed by atoms with Crippen LogP contribution in [0.1, 0.15) is 36.5 Å². The van der Waals surface area contributed by atoms with Crippen molar-refractivity contribution in [1.82, 2.24) is 0 Å². The van der Waals surface area contributed by atoms with Gasteiger partial charge in [0.15, 0.2) is 0 Å². The zero-order valence-electron chi connectivity index (χ0n) is 14.1. The number of carbonyl (C=O) groups excluding carboxylic acids is 1. The summed E-state index contributed by atoms with van der Waals surface area (Å²) in [4.78, 5) is 14.9. The van der Waals surface area contributed by atoms with E-state index in [1.165, 1.54) is 19.3 Å². The van der Waals surface area contributed by atoms with Gasteiger partial charge in [0.25, 0.3) is 5.91 Å². The zero-order chi connectivity index (χ0) is 16.8. The summed E-state index contributed by atoms with van der Waals surface area (Å²) >= 11 is 0. The molecule has 4 nitrogen and oxygen atoms in total. The van der Waals surface area contributed by atoms with E-state index >= 15 is 0 Å². The van der Waals surface area contributed by atoms with Crippen LogP contribution in [0.2, 0.25) is 0 Å². The lowest BCUT2D eigenvalue weighted by Gasteiger charge is -2.30. The van der Waals surface area contributed by atoms with Gasteiger partial charge in [-0.2, -0.15) is 0 Å². The molecule has 1 fully saturated rings. The van der Waals surface area contributed by atoms with Crippen LogP contribution >= 0.6 is 0 Å². The van der Waals surface area contributed by atoms with Gasteiger partial charge in [0.1, 0.15) is 5.75 Å². The van der Waals surface area contributed by atoms with Crippen LogP contribution in [0, 0.1) is 0 Å². The van der Waals surface area contributed by atoms with E-state index in [-0.39, 0.29) is 5.91 Å². The van der Waals surface area contributed by atoms with E-state index in [2.05, 4.69) is 16.3 Å². The minimum Gasteiger partial charge on any atom is -0.494 e. The van der Waals surface area contributed by atoms with E-state index in [0.29, 0.717) is 12.2 Å². The standard InChI is InChI=1S/C20H24N2O2/c1-2-24-17-12-10-16(11-13-17)20(23)21-18-8-4-5-9-19(18)22-14-6-3-7-15-22/h4-5,8-13H,2-3,6-7,14-15H2,1H3,(H,21,23). The van der Waals surface area contributed by atoms with Crippen LogP contribution in [0.15, 0.2) is 48.5 Å². The van der Waals surface area contributed by atoms with E-state index < -0.39 is 0 Å². The van der Waals surface area contributed by atoms with Crippen molar-refractivity contribution in [3.63, 3.8) is 0 Å². The van der Waals surface area contributed by atoms with Crippen LogP contribution in [0.5, 0.6) is 5.75 Å². The monoisotopic (exact) mass is 324 g/mol. The fourth-order valence-electron chi connectivity index (χ4n) is 3.05. The van der Waals surface area contributed by atoms with Gasteiger partial charge >= 0.3 is 0 Å². The van der Waals surface area contributed by atoms with E-state index in [1.807, 2.05) is 37.3 Å². The molecular weight excluding hydrogens is 300 g/mol. The van der Waals surface area contributed by atoms with Crippen LogP contribution in [-0.2, 0) is 0 Å². The number of piperidine rings is 1. The van der Waals surface area contributed by atoms with Gasteiger partial charge in [0.05, 0.1) is 18.0 Å². The summed E-state index contributed by atoms with van der Waals surface area (Å²) in [7, 11) is 0. The average Bonchev–Trinajstić information content (AvgIpc) is 2.64. The van der Waals surface area contributed by atoms with Crippen LogP contribution in [-0.4, -0.2) is 25.6 Å². The highest BCUT2D eigenvalue weighted by molar-refractivity contribution is 6.06. The summed E-state index contributed by atoms with van der Waals surface area (Å²) in [5.41, 5.74) is 2.61. The van der Waals surface area contributed by atoms with Crippen LogP contribution < -0.4 is 15.0 Å². The van der Waals surface area contributed by atoms with E-state index in [0.717, 1.165) is 30.2 Å². The second-order valence-corrected chi connectivity index (χ2v) is 5.98. The third kappa shape index (κ3) is 3.88. The van der Waals surface area contributed by atoms with Gasteiger partial charge in [0, 0.05) is 18.7 Å². The van der Waals surface area contributed by atoms with E-state index in [4.69, 9.17) is 4.74 Å². The molecule has 0 spiro atoms. The molecule has 3 rings (SSSR count). The van der Waals surface area contributed by atoms with Gasteiger partial charge in [-0.25, -0.2) is 0 Å². The Hall–Kier alpha value is -2.49. The Morgan fingerprint density at radius 1 is 1.04 bits per heavy atom.